The predicted molar refractivity (Wildman–Crippen MR) is 115 cm³/mol. The van der Waals surface area contributed by atoms with E-state index in [0.29, 0.717) is 28.9 Å². The van der Waals surface area contributed by atoms with Gasteiger partial charge < -0.3 is 4.74 Å². The summed E-state index contributed by atoms with van der Waals surface area (Å²) in [7, 11) is 0. The number of halogens is 3. The van der Waals surface area contributed by atoms with Crippen LogP contribution in [0.15, 0.2) is 54.6 Å². The first-order chi connectivity index (χ1) is 14.5. The maximum Gasteiger partial charge on any atom is 0.166 e. The van der Waals surface area contributed by atoms with E-state index in [2.05, 4.69) is 6.92 Å². The first-order valence-corrected chi connectivity index (χ1v) is 10.5. The highest BCUT2D eigenvalue weighted by Crippen LogP contribution is 2.29. The van der Waals surface area contributed by atoms with Gasteiger partial charge in [-0.05, 0) is 54.2 Å². The molecule has 0 saturated heterocycles. The predicted octanol–water partition coefficient (Wildman–Crippen LogP) is 7.65. The van der Waals surface area contributed by atoms with Crippen LogP contribution in [-0.2, 0) is 19.4 Å². The first-order valence-electron chi connectivity index (χ1n) is 10.5. The van der Waals surface area contributed by atoms with Gasteiger partial charge in [0.1, 0.15) is 18.2 Å². The molecule has 0 aromatic heterocycles. The van der Waals surface area contributed by atoms with Crippen LogP contribution >= 0.6 is 0 Å². The highest BCUT2D eigenvalue weighted by atomic mass is 19.2. The van der Waals surface area contributed by atoms with Gasteiger partial charge in [0.25, 0.3) is 0 Å². The van der Waals surface area contributed by atoms with Gasteiger partial charge in [0.05, 0.1) is 0 Å². The topological polar surface area (TPSA) is 9.23 Å². The Morgan fingerprint density at radius 1 is 0.733 bits per heavy atom. The molecule has 0 saturated carbocycles. The van der Waals surface area contributed by atoms with Crippen LogP contribution in [0.3, 0.4) is 0 Å². The van der Waals surface area contributed by atoms with Crippen molar-refractivity contribution in [1.82, 2.24) is 0 Å². The Morgan fingerprint density at radius 2 is 1.47 bits per heavy atom. The average Bonchev–Trinajstić information content (AvgIpc) is 2.75. The summed E-state index contributed by atoms with van der Waals surface area (Å²) in [5.41, 5.74) is 2.64. The molecule has 0 aliphatic heterocycles. The highest BCUT2D eigenvalue weighted by Gasteiger charge is 2.14. The van der Waals surface area contributed by atoms with Gasteiger partial charge in [-0.1, -0.05) is 63.1 Å². The Kier molecular flexibility index (Phi) is 7.56. The summed E-state index contributed by atoms with van der Waals surface area (Å²) < 4.78 is 48.7. The molecular formula is C26H27F3O. The fourth-order valence-corrected chi connectivity index (χ4v) is 3.42. The zero-order chi connectivity index (χ0) is 21.5. The van der Waals surface area contributed by atoms with Crippen molar-refractivity contribution in [2.75, 3.05) is 0 Å². The first kappa shape index (κ1) is 21.9. The van der Waals surface area contributed by atoms with Gasteiger partial charge in [0.2, 0.25) is 0 Å². The minimum absolute atomic E-state index is 0.104. The Balaban J connectivity index is 1.69. The van der Waals surface area contributed by atoms with Crippen molar-refractivity contribution in [2.45, 2.75) is 52.6 Å². The number of rotatable bonds is 9. The Hall–Kier alpha value is -2.75. The van der Waals surface area contributed by atoms with Crippen molar-refractivity contribution in [3.8, 4) is 16.9 Å². The van der Waals surface area contributed by atoms with Crippen LogP contribution < -0.4 is 4.74 Å². The molecule has 0 aliphatic carbocycles. The SMILES string of the molecule is CCCCc1ccc(-c2ccc(OCc3ccc(CCC)cc3F)cc2)c(F)c1F. The Bertz CT molecular complexity index is 980. The van der Waals surface area contributed by atoms with Crippen LogP contribution in [0.2, 0.25) is 0 Å². The van der Waals surface area contributed by atoms with Crippen LogP contribution in [0.1, 0.15) is 49.8 Å². The lowest BCUT2D eigenvalue weighted by molar-refractivity contribution is 0.300. The van der Waals surface area contributed by atoms with E-state index in [9.17, 15) is 13.2 Å². The number of aryl methyl sites for hydroxylation is 2. The third-order valence-corrected chi connectivity index (χ3v) is 5.18. The Morgan fingerprint density at radius 3 is 2.13 bits per heavy atom. The summed E-state index contributed by atoms with van der Waals surface area (Å²) in [5, 5.41) is 0. The summed E-state index contributed by atoms with van der Waals surface area (Å²) >= 11 is 0. The van der Waals surface area contributed by atoms with Gasteiger partial charge >= 0.3 is 0 Å². The third-order valence-electron chi connectivity index (χ3n) is 5.18. The van der Waals surface area contributed by atoms with E-state index in [4.69, 9.17) is 4.74 Å². The molecule has 0 atom stereocenters. The molecule has 158 valence electrons. The van der Waals surface area contributed by atoms with Crippen molar-refractivity contribution in [1.29, 1.82) is 0 Å². The average molecular weight is 412 g/mol. The number of hydrogen-bond donors (Lipinski definition) is 0. The van der Waals surface area contributed by atoms with Gasteiger partial charge in [-0.2, -0.15) is 0 Å². The minimum atomic E-state index is -0.827. The molecule has 0 N–H and O–H groups in total. The number of unbranched alkanes of at least 4 members (excludes halogenated alkanes) is 1. The van der Waals surface area contributed by atoms with Crippen LogP contribution in [0.4, 0.5) is 13.2 Å². The summed E-state index contributed by atoms with van der Waals surface area (Å²) in [6, 6.07) is 15.2. The standard InChI is InChI=1S/C26H27F3O/c1-3-5-7-20-12-15-23(26(29)25(20)28)19-10-13-22(14-11-19)30-17-21-9-8-18(6-4-2)16-24(21)27/h8-16H,3-7,17H2,1-2H3. The normalized spacial score (nSPS) is 11.0. The molecule has 3 aromatic rings. The Labute approximate surface area is 176 Å². The quantitative estimate of drug-likeness (QED) is 0.351. The lowest BCUT2D eigenvalue weighted by Crippen LogP contribution is -2.00. The maximum absolute atomic E-state index is 14.5. The van der Waals surface area contributed by atoms with Gasteiger partial charge in [0, 0.05) is 11.1 Å². The van der Waals surface area contributed by atoms with Crippen LogP contribution in [0, 0.1) is 17.5 Å². The molecule has 0 bridgehead atoms. The van der Waals surface area contributed by atoms with E-state index < -0.39 is 11.6 Å². The van der Waals surface area contributed by atoms with E-state index in [1.807, 2.05) is 13.0 Å². The van der Waals surface area contributed by atoms with E-state index >= 15 is 0 Å². The van der Waals surface area contributed by atoms with Gasteiger partial charge in [0.15, 0.2) is 11.6 Å². The molecule has 0 spiro atoms. The molecule has 4 heteroatoms. The van der Waals surface area contributed by atoms with Crippen molar-refractivity contribution < 1.29 is 17.9 Å². The molecule has 0 aliphatic rings. The summed E-state index contributed by atoms with van der Waals surface area (Å²) in [6.07, 6.45) is 4.09. The van der Waals surface area contributed by atoms with E-state index in [1.165, 1.54) is 0 Å². The molecular weight excluding hydrogens is 385 g/mol. The molecule has 0 unspecified atom stereocenters. The van der Waals surface area contributed by atoms with Crippen molar-refractivity contribution >= 4 is 0 Å². The molecule has 3 aromatic carbocycles. The van der Waals surface area contributed by atoms with Crippen LogP contribution in [0.5, 0.6) is 5.75 Å². The lowest BCUT2D eigenvalue weighted by atomic mass is 10.00. The van der Waals surface area contributed by atoms with Gasteiger partial charge in [-0.3, -0.25) is 0 Å². The number of benzene rings is 3. The molecule has 1 nitrogen and oxygen atoms in total. The van der Waals surface area contributed by atoms with Crippen molar-refractivity contribution in [3.63, 3.8) is 0 Å². The molecule has 0 amide bonds. The molecule has 0 heterocycles. The monoisotopic (exact) mass is 412 g/mol. The summed E-state index contributed by atoms with van der Waals surface area (Å²) in [6.45, 7) is 4.18. The van der Waals surface area contributed by atoms with Crippen LogP contribution in [0.25, 0.3) is 11.1 Å². The van der Waals surface area contributed by atoms with Crippen molar-refractivity contribution in [2.24, 2.45) is 0 Å². The summed E-state index contributed by atoms with van der Waals surface area (Å²) in [4.78, 5) is 0. The van der Waals surface area contributed by atoms with E-state index in [1.54, 1.807) is 48.5 Å². The van der Waals surface area contributed by atoms with Gasteiger partial charge in [-0.15, -0.1) is 0 Å². The molecule has 0 radical (unpaired) electrons. The van der Waals surface area contributed by atoms with Gasteiger partial charge in [-0.25, -0.2) is 13.2 Å². The fourth-order valence-electron chi connectivity index (χ4n) is 3.42. The second-order valence-corrected chi connectivity index (χ2v) is 7.49. The fraction of sp³-hybridized carbons (Fsp3) is 0.308. The minimum Gasteiger partial charge on any atom is -0.489 e. The summed E-state index contributed by atoms with van der Waals surface area (Å²) in [5.74, 6) is -1.34. The number of hydrogen-bond acceptors (Lipinski definition) is 1. The van der Waals surface area contributed by atoms with Crippen LogP contribution in [-0.4, -0.2) is 0 Å². The van der Waals surface area contributed by atoms with E-state index in [0.717, 1.165) is 31.2 Å². The third kappa shape index (κ3) is 5.24. The molecule has 0 fully saturated rings. The van der Waals surface area contributed by atoms with E-state index in [-0.39, 0.29) is 18.0 Å². The lowest BCUT2D eigenvalue weighted by Gasteiger charge is -2.11. The second-order valence-electron chi connectivity index (χ2n) is 7.49. The second kappa shape index (κ2) is 10.3. The largest absolute Gasteiger partial charge is 0.489 e. The maximum atomic E-state index is 14.5. The number of ether oxygens (including phenoxy) is 1. The zero-order valence-electron chi connectivity index (χ0n) is 17.5. The molecule has 30 heavy (non-hydrogen) atoms. The van der Waals surface area contributed by atoms with Crippen molar-refractivity contribution in [3.05, 3.63) is 88.7 Å². The smallest absolute Gasteiger partial charge is 0.166 e. The zero-order valence-corrected chi connectivity index (χ0v) is 17.5. The highest BCUT2D eigenvalue weighted by molar-refractivity contribution is 5.65. The molecule has 3 rings (SSSR count).